The Morgan fingerprint density at radius 3 is 2.30 bits per heavy atom. The zero-order valence-corrected chi connectivity index (χ0v) is 24.3. The van der Waals surface area contributed by atoms with Crippen molar-refractivity contribution in [3.05, 3.63) is 91.8 Å². The number of hydrogen-bond acceptors (Lipinski definition) is 3. The van der Waals surface area contributed by atoms with Crippen LogP contribution in [-0.4, -0.2) is 33.1 Å². The maximum absolute atomic E-state index is 13.3. The summed E-state index contributed by atoms with van der Waals surface area (Å²) >= 11 is 19.9. The smallest absolute Gasteiger partial charge is 0.255 e. The summed E-state index contributed by atoms with van der Waals surface area (Å²) in [6.07, 6.45) is 3.07. The molecule has 0 saturated heterocycles. The third kappa shape index (κ3) is 5.11. The molecule has 4 aromatic rings. The second kappa shape index (κ2) is 10.2. The van der Waals surface area contributed by atoms with E-state index < -0.39 is 0 Å². The standard InChI is InChI=1S/C29H27Cl3N3OP/c1-29(2,3)34-13-11-17(12-14-34)24-16-25-20(27(33-24)19-8-7-18(37)15-23(19)32)9-10-26(36)35(25)28-21(30)5-4-6-22(28)31/h4-11,15-16H,12-14,37H2,1-3H3. The number of para-hydroxylation sites is 1. The summed E-state index contributed by atoms with van der Waals surface area (Å²) in [5.41, 5.74) is 4.42. The van der Waals surface area contributed by atoms with Crippen LogP contribution in [0.3, 0.4) is 0 Å². The summed E-state index contributed by atoms with van der Waals surface area (Å²) in [6, 6.07) is 16.4. The number of pyridine rings is 2. The highest BCUT2D eigenvalue weighted by molar-refractivity contribution is 7.27. The predicted molar refractivity (Wildman–Crippen MR) is 161 cm³/mol. The van der Waals surface area contributed by atoms with Crippen molar-refractivity contribution in [1.29, 1.82) is 0 Å². The van der Waals surface area contributed by atoms with Crippen molar-refractivity contribution in [3.63, 3.8) is 0 Å². The van der Waals surface area contributed by atoms with Gasteiger partial charge in [0.2, 0.25) is 0 Å². The fourth-order valence-electron chi connectivity index (χ4n) is 4.78. The van der Waals surface area contributed by atoms with Crippen LogP contribution in [-0.2, 0) is 0 Å². The SMILES string of the molecule is CC(C)(C)N1CC=C(c2cc3c(ccc(=O)n3-c3c(Cl)cccc3Cl)c(-c3ccc(P)cc3Cl)n2)CC1. The lowest BCUT2D eigenvalue weighted by atomic mass is 9.97. The predicted octanol–water partition coefficient (Wildman–Crippen LogP) is 7.40. The van der Waals surface area contributed by atoms with Crippen molar-refractivity contribution >= 4 is 65.8 Å². The average molecular weight is 571 g/mol. The van der Waals surface area contributed by atoms with Gasteiger partial charge in [-0.25, -0.2) is 4.98 Å². The minimum atomic E-state index is -0.228. The Balaban J connectivity index is 1.82. The molecule has 0 radical (unpaired) electrons. The highest BCUT2D eigenvalue weighted by Gasteiger charge is 2.25. The van der Waals surface area contributed by atoms with Crippen LogP contribution in [0.15, 0.2) is 65.5 Å². The molecule has 3 heterocycles. The molecule has 1 aliphatic rings. The first-order chi connectivity index (χ1) is 17.5. The quantitative estimate of drug-likeness (QED) is 0.241. The van der Waals surface area contributed by atoms with Crippen LogP contribution in [0.2, 0.25) is 15.1 Å². The Hall–Kier alpha value is -2.20. The van der Waals surface area contributed by atoms with Crippen molar-refractivity contribution in [2.75, 3.05) is 13.1 Å². The summed E-state index contributed by atoms with van der Waals surface area (Å²) in [5, 5.41) is 3.13. The molecule has 1 unspecified atom stereocenters. The molecular formula is C29H27Cl3N3OP. The molecule has 0 N–H and O–H groups in total. The summed E-state index contributed by atoms with van der Waals surface area (Å²) in [4.78, 5) is 20.9. The van der Waals surface area contributed by atoms with E-state index in [0.29, 0.717) is 32.0 Å². The average Bonchev–Trinajstić information content (AvgIpc) is 2.84. The van der Waals surface area contributed by atoms with Gasteiger partial charge in [-0.15, -0.1) is 9.24 Å². The van der Waals surface area contributed by atoms with E-state index in [4.69, 9.17) is 39.8 Å². The van der Waals surface area contributed by atoms with Gasteiger partial charge in [-0.2, -0.15) is 0 Å². The second-order valence-electron chi connectivity index (χ2n) is 10.2. The second-order valence-corrected chi connectivity index (χ2v) is 12.1. The third-order valence-electron chi connectivity index (χ3n) is 6.79. The van der Waals surface area contributed by atoms with E-state index in [1.807, 2.05) is 24.3 Å². The van der Waals surface area contributed by atoms with Crippen LogP contribution in [0, 0.1) is 0 Å². The molecular weight excluding hydrogens is 544 g/mol. The minimum absolute atomic E-state index is 0.0821. The lowest BCUT2D eigenvalue weighted by molar-refractivity contribution is 0.153. The van der Waals surface area contributed by atoms with E-state index >= 15 is 0 Å². The van der Waals surface area contributed by atoms with E-state index in [0.717, 1.165) is 47.0 Å². The van der Waals surface area contributed by atoms with E-state index in [-0.39, 0.29) is 11.1 Å². The lowest BCUT2D eigenvalue weighted by Crippen LogP contribution is -2.43. The molecule has 4 nitrogen and oxygen atoms in total. The van der Waals surface area contributed by atoms with Gasteiger partial charge in [0.25, 0.3) is 5.56 Å². The first-order valence-corrected chi connectivity index (χ1v) is 13.8. The van der Waals surface area contributed by atoms with Gasteiger partial charge in [0.1, 0.15) is 0 Å². The summed E-state index contributed by atoms with van der Waals surface area (Å²) in [7, 11) is 2.66. The summed E-state index contributed by atoms with van der Waals surface area (Å²) < 4.78 is 1.58. The monoisotopic (exact) mass is 569 g/mol. The molecule has 8 heteroatoms. The van der Waals surface area contributed by atoms with E-state index in [2.05, 4.69) is 41.0 Å². The third-order valence-corrected chi connectivity index (χ3v) is 8.07. The number of halogens is 3. The highest BCUT2D eigenvalue weighted by Crippen LogP contribution is 2.37. The van der Waals surface area contributed by atoms with Gasteiger partial charge in [0.15, 0.2) is 0 Å². The van der Waals surface area contributed by atoms with Crippen LogP contribution < -0.4 is 10.9 Å². The van der Waals surface area contributed by atoms with Crippen LogP contribution in [0.1, 0.15) is 32.9 Å². The number of benzene rings is 2. The maximum atomic E-state index is 13.3. The van der Waals surface area contributed by atoms with E-state index in [9.17, 15) is 4.79 Å². The molecule has 0 spiro atoms. The summed E-state index contributed by atoms with van der Waals surface area (Å²) in [5.74, 6) is 0. The number of fused-ring (bicyclic) bond motifs is 1. The van der Waals surface area contributed by atoms with Gasteiger partial charge >= 0.3 is 0 Å². The Morgan fingerprint density at radius 1 is 0.946 bits per heavy atom. The molecule has 0 fully saturated rings. The Morgan fingerprint density at radius 2 is 1.68 bits per heavy atom. The van der Waals surface area contributed by atoms with Crippen molar-refractivity contribution in [1.82, 2.24) is 14.5 Å². The number of hydrogen-bond donors (Lipinski definition) is 0. The number of rotatable bonds is 3. The van der Waals surface area contributed by atoms with Crippen molar-refractivity contribution in [2.45, 2.75) is 32.7 Å². The molecule has 1 atom stereocenters. The molecule has 37 heavy (non-hydrogen) atoms. The topological polar surface area (TPSA) is 38.1 Å². The van der Waals surface area contributed by atoms with E-state index in [1.165, 1.54) is 6.07 Å². The van der Waals surface area contributed by atoms with Crippen LogP contribution in [0.25, 0.3) is 33.4 Å². The van der Waals surface area contributed by atoms with E-state index in [1.54, 1.807) is 28.8 Å². The van der Waals surface area contributed by atoms with Crippen LogP contribution in [0.4, 0.5) is 0 Å². The largest absolute Gasteiger partial charge is 0.294 e. The van der Waals surface area contributed by atoms with Gasteiger partial charge in [0, 0.05) is 35.6 Å². The Labute approximate surface area is 234 Å². The number of aromatic nitrogens is 2. The van der Waals surface area contributed by atoms with Crippen molar-refractivity contribution < 1.29 is 0 Å². The molecule has 1 aliphatic heterocycles. The van der Waals surface area contributed by atoms with Gasteiger partial charge in [-0.1, -0.05) is 59.1 Å². The first kappa shape index (κ1) is 26.4. The molecule has 0 bridgehead atoms. The maximum Gasteiger partial charge on any atom is 0.255 e. The van der Waals surface area contributed by atoms with Crippen LogP contribution >= 0.6 is 44.0 Å². The highest BCUT2D eigenvalue weighted by atomic mass is 35.5. The Bertz CT molecular complexity index is 1600. The molecule has 190 valence electrons. The van der Waals surface area contributed by atoms with Crippen LogP contribution in [0.5, 0.6) is 0 Å². The number of nitrogens with zero attached hydrogens (tertiary/aromatic N) is 3. The van der Waals surface area contributed by atoms with Gasteiger partial charge in [0.05, 0.1) is 37.7 Å². The fraction of sp³-hybridized carbons (Fsp3) is 0.241. The molecule has 2 aromatic heterocycles. The molecule has 0 aliphatic carbocycles. The van der Waals surface area contributed by atoms with Gasteiger partial charge < -0.3 is 0 Å². The normalized spacial score (nSPS) is 14.7. The lowest BCUT2D eigenvalue weighted by Gasteiger charge is -2.37. The molecule has 2 aromatic carbocycles. The molecule has 5 rings (SSSR count). The Kier molecular flexibility index (Phi) is 7.26. The van der Waals surface area contributed by atoms with Crippen molar-refractivity contribution in [2.24, 2.45) is 0 Å². The van der Waals surface area contributed by atoms with Crippen molar-refractivity contribution in [3.8, 4) is 16.9 Å². The first-order valence-electron chi connectivity index (χ1n) is 12.1. The molecule has 0 amide bonds. The summed E-state index contributed by atoms with van der Waals surface area (Å²) in [6.45, 7) is 8.42. The minimum Gasteiger partial charge on any atom is -0.294 e. The van der Waals surface area contributed by atoms with Gasteiger partial charge in [-0.05, 0) is 68.4 Å². The zero-order valence-electron chi connectivity index (χ0n) is 20.9. The zero-order chi connectivity index (χ0) is 26.5. The fourth-order valence-corrected chi connectivity index (χ4v) is 5.99. The van der Waals surface area contributed by atoms with Gasteiger partial charge in [-0.3, -0.25) is 14.3 Å². The molecule has 0 saturated carbocycles.